The van der Waals surface area contributed by atoms with Gasteiger partial charge < -0.3 is 24.0 Å². The molecule has 39 heavy (non-hydrogen) atoms. The fourth-order valence-corrected chi connectivity index (χ4v) is 6.66. The van der Waals surface area contributed by atoms with E-state index in [1.54, 1.807) is 22.5 Å². The van der Waals surface area contributed by atoms with Crippen molar-refractivity contribution < 1.29 is 32.5 Å². The molecule has 1 saturated heterocycles. The maximum Gasteiger partial charge on any atom is 0.416 e. The van der Waals surface area contributed by atoms with Gasteiger partial charge >= 0.3 is 6.18 Å². The summed E-state index contributed by atoms with van der Waals surface area (Å²) in [6.45, 7) is 2.34. The number of carbonyl (C=O) groups is 1. The molecule has 0 saturated carbocycles. The Morgan fingerprint density at radius 1 is 1.05 bits per heavy atom. The highest BCUT2D eigenvalue weighted by molar-refractivity contribution is 7.99. The van der Waals surface area contributed by atoms with Crippen molar-refractivity contribution in [2.75, 3.05) is 19.9 Å². The van der Waals surface area contributed by atoms with Crippen molar-refractivity contribution >= 4 is 17.7 Å². The molecular formula is C28H25F3N2O5S. The number of aryl methyl sites for hydroxylation is 1. The van der Waals surface area contributed by atoms with Gasteiger partial charge in [0.05, 0.1) is 17.4 Å². The number of nitrogens with zero attached hydrogens (tertiary/aromatic N) is 2. The summed E-state index contributed by atoms with van der Waals surface area (Å²) < 4.78 is 53.9. The molecule has 7 nitrogen and oxygen atoms in total. The minimum absolute atomic E-state index is 0.0476. The second-order valence-corrected chi connectivity index (χ2v) is 11.2. The van der Waals surface area contributed by atoms with Gasteiger partial charge in [-0.25, -0.2) is 0 Å². The van der Waals surface area contributed by atoms with Crippen LogP contribution in [0.4, 0.5) is 13.2 Å². The second-order valence-electron chi connectivity index (χ2n) is 9.93. The van der Waals surface area contributed by atoms with Crippen LogP contribution in [0.5, 0.6) is 11.5 Å². The first-order chi connectivity index (χ1) is 18.6. The molecule has 1 N–H and O–H groups in total. The van der Waals surface area contributed by atoms with Crippen LogP contribution >= 0.6 is 11.8 Å². The number of hydrogen-bond acceptors (Lipinski definition) is 6. The van der Waals surface area contributed by atoms with Crippen LogP contribution in [0.25, 0.3) is 5.69 Å². The Morgan fingerprint density at radius 3 is 2.54 bits per heavy atom. The molecule has 204 valence electrons. The summed E-state index contributed by atoms with van der Waals surface area (Å²) in [7, 11) is 0. The predicted octanol–water partition coefficient (Wildman–Crippen LogP) is 4.88. The Bertz CT molecular complexity index is 1530. The van der Waals surface area contributed by atoms with Gasteiger partial charge in [-0.05, 0) is 55.7 Å². The molecule has 1 atom stereocenters. The lowest BCUT2D eigenvalue weighted by Crippen LogP contribution is -2.42. The normalized spacial score (nSPS) is 18.9. The van der Waals surface area contributed by atoms with Crippen molar-refractivity contribution in [1.82, 2.24) is 9.47 Å². The van der Waals surface area contributed by atoms with E-state index >= 15 is 0 Å². The van der Waals surface area contributed by atoms with Crippen molar-refractivity contribution in [3.05, 3.63) is 80.8 Å². The van der Waals surface area contributed by atoms with Crippen LogP contribution in [-0.4, -0.2) is 46.5 Å². The van der Waals surface area contributed by atoms with Crippen LogP contribution in [0.3, 0.4) is 0 Å². The SMILES string of the molecule is Cc1cc(=O)c(C(=O)N2CCC(O)CC2)c2n1-c1cc(C(F)(F)F)ccc1S[C@H](c1ccc3c(c1)OCO3)C2. The predicted molar refractivity (Wildman–Crippen MR) is 138 cm³/mol. The van der Waals surface area contributed by atoms with E-state index in [1.807, 2.05) is 12.1 Å². The van der Waals surface area contributed by atoms with E-state index in [1.165, 1.54) is 23.9 Å². The van der Waals surface area contributed by atoms with Gasteiger partial charge in [0.2, 0.25) is 6.79 Å². The zero-order chi connectivity index (χ0) is 27.5. The monoisotopic (exact) mass is 558 g/mol. The molecule has 4 heterocycles. The molecule has 0 spiro atoms. The molecule has 11 heteroatoms. The average molecular weight is 559 g/mol. The lowest BCUT2D eigenvalue weighted by molar-refractivity contribution is -0.137. The van der Waals surface area contributed by atoms with E-state index in [0.717, 1.165) is 17.7 Å². The van der Waals surface area contributed by atoms with E-state index in [9.17, 15) is 27.9 Å². The van der Waals surface area contributed by atoms with Gasteiger partial charge in [0.15, 0.2) is 16.9 Å². The Kier molecular flexibility index (Phi) is 6.38. The Morgan fingerprint density at radius 2 is 1.79 bits per heavy atom. The summed E-state index contributed by atoms with van der Waals surface area (Å²) in [6.07, 6.45) is -4.06. The van der Waals surface area contributed by atoms with Gasteiger partial charge in [0.1, 0.15) is 5.56 Å². The zero-order valence-corrected chi connectivity index (χ0v) is 21.8. The molecule has 0 radical (unpaired) electrons. The number of rotatable bonds is 2. The number of carbonyl (C=O) groups excluding carboxylic acids is 1. The van der Waals surface area contributed by atoms with Crippen LogP contribution in [0.15, 0.2) is 52.2 Å². The molecule has 0 unspecified atom stereocenters. The molecule has 0 bridgehead atoms. The molecule has 3 aliphatic rings. The number of thioether (sulfide) groups is 1. The third-order valence-corrected chi connectivity index (χ3v) is 8.73. The van der Waals surface area contributed by atoms with Crippen molar-refractivity contribution in [3.63, 3.8) is 0 Å². The maximum atomic E-state index is 13.8. The highest BCUT2D eigenvalue weighted by Gasteiger charge is 2.35. The zero-order valence-electron chi connectivity index (χ0n) is 21.0. The van der Waals surface area contributed by atoms with E-state index in [4.69, 9.17) is 9.47 Å². The number of aliphatic hydroxyl groups is 1. The number of pyridine rings is 1. The molecular weight excluding hydrogens is 533 g/mol. The molecule has 6 rings (SSSR count). The molecule has 2 aromatic carbocycles. The number of fused-ring (bicyclic) bond motifs is 4. The summed E-state index contributed by atoms with van der Waals surface area (Å²) in [4.78, 5) is 29.3. The quantitative estimate of drug-likeness (QED) is 0.483. The number of hydrogen-bond donors (Lipinski definition) is 1. The van der Waals surface area contributed by atoms with Crippen LogP contribution in [0.1, 0.15) is 51.0 Å². The van der Waals surface area contributed by atoms with Crippen LogP contribution < -0.4 is 14.9 Å². The van der Waals surface area contributed by atoms with E-state index in [2.05, 4.69) is 0 Å². The molecule has 3 aliphatic heterocycles. The number of piperidine rings is 1. The first-order valence-corrected chi connectivity index (χ1v) is 13.5. The molecule has 3 aromatic rings. The minimum Gasteiger partial charge on any atom is -0.454 e. The van der Waals surface area contributed by atoms with Crippen LogP contribution in [0, 0.1) is 6.92 Å². The summed E-state index contributed by atoms with van der Waals surface area (Å²) in [5, 5.41) is 9.58. The Hall–Kier alpha value is -3.44. The standard InChI is InChI=1S/C28H25F3N2O5S/c1-15-10-21(35)26(27(36)32-8-6-18(34)7-9-32)20-13-25(16-2-4-22-23(11-16)38-14-37-22)39-24-5-3-17(28(29,30)31)12-19(24)33(15)20/h2-5,10-12,18,25,34H,6-9,13-14H2,1H3/t25-/m0/s1. The number of aliphatic hydroxyl groups excluding tert-OH is 1. The van der Waals surface area contributed by atoms with Crippen molar-refractivity contribution in [2.45, 2.75) is 48.6 Å². The minimum atomic E-state index is -4.57. The van der Waals surface area contributed by atoms with Crippen molar-refractivity contribution in [1.29, 1.82) is 0 Å². The molecule has 1 aromatic heterocycles. The topological polar surface area (TPSA) is 81.0 Å². The van der Waals surface area contributed by atoms with Gasteiger partial charge in [0.25, 0.3) is 5.91 Å². The number of alkyl halides is 3. The first kappa shape index (κ1) is 25.8. The van der Waals surface area contributed by atoms with Crippen molar-refractivity contribution in [2.24, 2.45) is 0 Å². The number of likely N-dealkylation sites (tertiary alicyclic amines) is 1. The highest BCUT2D eigenvalue weighted by Crippen LogP contribution is 2.47. The Balaban J connectivity index is 1.55. The number of aromatic nitrogens is 1. The number of halogens is 3. The Labute approximate surface area is 226 Å². The lowest BCUT2D eigenvalue weighted by Gasteiger charge is -2.30. The summed E-state index contributed by atoms with van der Waals surface area (Å²) in [5.41, 5.74) is 0.571. The summed E-state index contributed by atoms with van der Waals surface area (Å²) in [6, 6.07) is 10.4. The first-order valence-electron chi connectivity index (χ1n) is 12.6. The van der Waals surface area contributed by atoms with Crippen LogP contribution in [0.2, 0.25) is 0 Å². The van der Waals surface area contributed by atoms with E-state index < -0.39 is 29.2 Å². The van der Waals surface area contributed by atoms with Crippen molar-refractivity contribution in [3.8, 4) is 17.2 Å². The van der Waals surface area contributed by atoms with Gasteiger partial charge in [-0.1, -0.05) is 6.07 Å². The highest BCUT2D eigenvalue weighted by atomic mass is 32.2. The van der Waals surface area contributed by atoms with Gasteiger partial charge in [0, 0.05) is 47.1 Å². The van der Waals surface area contributed by atoms with Gasteiger partial charge in [-0.2, -0.15) is 13.2 Å². The van der Waals surface area contributed by atoms with Gasteiger partial charge in [-0.15, -0.1) is 11.8 Å². The summed E-state index contributed by atoms with van der Waals surface area (Å²) >= 11 is 1.38. The average Bonchev–Trinajstić information content (AvgIpc) is 3.29. The third kappa shape index (κ3) is 4.67. The lowest BCUT2D eigenvalue weighted by atomic mass is 9.99. The summed E-state index contributed by atoms with van der Waals surface area (Å²) in [5.74, 6) is 0.693. The maximum absolute atomic E-state index is 13.8. The number of ether oxygens (including phenoxy) is 2. The molecule has 1 fully saturated rings. The van der Waals surface area contributed by atoms with Crippen LogP contribution in [-0.2, 0) is 12.6 Å². The third-order valence-electron chi connectivity index (χ3n) is 7.41. The number of benzene rings is 2. The molecule has 1 amide bonds. The smallest absolute Gasteiger partial charge is 0.416 e. The second kappa shape index (κ2) is 9.63. The fourth-order valence-electron chi connectivity index (χ4n) is 5.42. The van der Waals surface area contributed by atoms with Gasteiger partial charge in [-0.3, -0.25) is 9.59 Å². The number of amides is 1. The largest absolute Gasteiger partial charge is 0.454 e. The van der Waals surface area contributed by atoms with E-state index in [-0.39, 0.29) is 29.7 Å². The molecule has 0 aliphatic carbocycles. The fraction of sp³-hybridized carbons (Fsp3) is 0.357. The van der Waals surface area contributed by atoms with E-state index in [0.29, 0.717) is 53.7 Å².